The molecule has 0 bridgehead atoms. The van der Waals surface area contributed by atoms with Gasteiger partial charge in [-0.1, -0.05) is 34.6 Å². The molecule has 0 radical (unpaired) electrons. The topological polar surface area (TPSA) is 92.3 Å². The number of hydrogen-bond donors (Lipinski definition) is 2. The maximum absolute atomic E-state index is 13.2. The molecular weight excluding hydrogens is 420 g/mol. The zero-order chi connectivity index (χ0) is 22.3. The van der Waals surface area contributed by atoms with Gasteiger partial charge in [0.15, 0.2) is 9.84 Å². The monoisotopic (exact) mass is 454 g/mol. The molecule has 1 fully saturated rings. The SMILES string of the molecule is CC(C)CC(=O)Nc1sc2c(c1C(=O)NC1CCS(=O)(=O)C1)CCC(C(C)(C)C)C2. The summed E-state index contributed by atoms with van der Waals surface area (Å²) in [5, 5.41) is 6.51. The number of thiophene rings is 1. The van der Waals surface area contributed by atoms with E-state index in [1.165, 1.54) is 16.2 Å². The van der Waals surface area contributed by atoms with Crippen LogP contribution in [-0.2, 0) is 27.5 Å². The Balaban J connectivity index is 1.88. The first kappa shape index (κ1) is 23.3. The lowest BCUT2D eigenvalue weighted by molar-refractivity contribution is -0.116. The highest BCUT2D eigenvalue weighted by molar-refractivity contribution is 7.91. The molecule has 3 rings (SSSR count). The van der Waals surface area contributed by atoms with Gasteiger partial charge in [0, 0.05) is 17.3 Å². The number of anilines is 1. The predicted molar refractivity (Wildman–Crippen MR) is 122 cm³/mol. The fourth-order valence-electron chi connectivity index (χ4n) is 4.37. The minimum atomic E-state index is -3.08. The van der Waals surface area contributed by atoms with Gasteiger partial charge < -0.3 is 10.6 Å². The van der Waals surface area contributed by atoms with Crippen LogP contribution in [-0.4, -0.2) is 37.8 Å². The summed E-state index contributed by atoms with van der Waals surface area (Å²) in [4.78, 5) is 26.8. The van der Waals surface area contributed by atoms with Crippen molar-refractivity contribution < 1.29 is 18.0 Å². The van der Waals surface area contributed by atoms with Gasteiger partial charge >= 0.3 is 0 Å². The molecule has 2 amide bonds. The molecule has 0 saturated carbocycles. The van der Waals surface area contributed by atoms with Crippen LogP contribution >= 0.6 is 11.3 Å². The third-order valence-electron chi connectivity index (χ3n) is 6.13. The zero-order valence-corrected chi connectivity index (χ0v) is 20.3. The maximum atomic E-state index is 13.2. The molecule has 168 valence electrons. The highest BCUT2D eigenvalue weighted by atomic mass is 32.2. The van der Waals surface area contributed by atoms with Crippen molar-refractivity contribution in [1.82, 2.24) is 5.32 Å². The first-order chi connectivity index (χ1) is 13.9. The Hall–Kier alpha value is -1.41. The predicted octanol–water partition coefficient (Wildman–Crippen LogP) is 3.80. The van der Waals surface area contributed by atoms with Gasteiger partial charge in [-0.15, -0.1) is 11.3 Å². The minimum absolute atomic E-state index is 0.00773. The first-order valence-corrected chi connectivity index (χ1v) is 13.4. The van der Waals surface area contributed by atoms with Crippen LogP contribution in [0.4, 0.5) is 5.00 Å². The molecule has 1 saturated heterocycles. The Morgan fingerprint density at radius 3 is 2.47 bits per heavy atom. The summed E-state index contributed by atoms with van der Waals surface area (Å²) in [5.74, 6) is 0.513. The highest BCUT2D eigenvalue weighted by Crippen LogP contribution is 2.44. The molecule has 8 heteroatoms. The van der Waals surface area contributed by atoms with E-state index >= 15 is 0 Å². The van der Waals surface area contributed by atoms with Gasteiger partial charge in [0.05, 0.1) is 17.1 Å². The average molecular weight is 455 g/mol. The van der Waals surface area contributed by atoms with E-state index in [0.717, 1.165) is 24.8 Å². The lowest BCUT2D eigenvalue weighted by Crippen LogP contribution is -2.36. The molecule has 2 atom stereocenters. The van der Waals surface area contributed by atoms with Gasteiger partial charge in [-0.05, 0) is 48.5 Å². The van der Waals surface area contributed by atoms with Crippen LogP contribution in [0.1, 0.15) is 74.7 Å². The van der Waals surface area contributed by atoms with Crippen molar-refractivity contribution >= 4 is 38.0 Å². The molecule has 6 nitrogen and oxygen atoms in total. The van der Waals surface area contributed by atoms with Gasteiger partial charge in [0.1, 0.15) is 5.00 Å². The highest BCUT2D eigenvalue weighted by Gasteiger charge is 2.35. The van der Waals surface area contributed by atoms with Crippen LogP contribution < -0.4 is 10.6 Å². The molecule has 2 aliphatic rings. The van der Waals surface area contributed by atoms with Gasteiger partial charge in [-0.3, -0.25) is 9.59 Å². The van der Waals surface area contributed by atoms with Crippen LogP contribution in [0.15, 0.2) is 0 Å². The van der Waals surface area contributed by atoms with Crippen LogP contribution in [0.25, 0.3) is 0 Å². The molecule has 1 aliphatic carbocycles. The molecule has 2 unspecified atom stereocenters. The van der Waals surface area contributed by atoms with Gasteiger partial charge in [-0.25, -0.2) is 8.42 Å². The molecule has 2 N–H and O–H groups in total. The van der Waals surface area contributed by atoms with Crippen molar-refractivity contribution in [3.05, 3.63) is 16.0 Å². The van der Waals surface area contributed by atoms with Gasteiger partial charge in [-0.2, -0.15) is 0 Å². The minimum Gasteiger partial charge on any atom is -0.348 e. The number of hydrogen-bond acceptors (Lipinski definition) is 5. The van der Waals surface area contributed by atoms with E-state index in [0.29, 0.717) is 29.3 Å². The van der Waals surface area contributed by atoms with Crippen LogP contribution in [0, 0.1) is 17.3 Å². The fraction of sp³-hybridized carbons (Fsp3) is 0.727. The summed E-state index contributed by atoms with van der Waals surface area (Å²) in [6.07, 6.45) is 3.56. The van der Waals surface area contributed by atoms with Crippen molar-refractivity contribution in [2.24, 2.45) is 17.3 Å². The number of carbonyl (C=O) groups is 2. The number of fused-ring (bicyclic) bond motifs is 1. The van der Waals surface area contributed by atoms with Crippen molar-refractivity contribution in [2.45, 2.75) is 72.8 Å². The smallest absolute Gasteiger partial charge is 0.254 e. The maximum Gasteiger partial charge on any atom is 0.254 e. The summed E-state index contributed by atoms with van der Waals surface area (Å²) >= 11 is 1.51. The summed E-state index contributed by atoms with van der Waals surface area (Å²) in [5.41, 5.74) is 1.76. The molecule has 0 aromatic carbocycles. The van der Waals surface area contributed by atoms with E-state index in [4.69, 9.17) is 0 Å². The van der Waals surface area contributed by atoms with Gasteiger partial charge in [0.25, 0.3) is 5.91 Å². The zero-order valence-electron chi connectivity index (χ0n) is 18.6. The van der Waals surface area contributed by atoms with Gasteiger partial charge in [0.2, 0.25) is 5.91 Å². The molecule has 1 aromatic heterocycles. The largest absolute Gasteiger partial charge is 0.348 e. The lowest BCUT2D eigenvalue weighted by atomic mass is 9.72. The normalized spacial score (nSPS) is 23.3. The summed E-state index contributed by atoms with van der Waals surface area (Å²) in [6.45, 7) is 10.7. The van der Waals surface area contributed by atoms with Crippen LogP contribution in [0.3, 0.4) is 0 Å². The third-order valence-corrected chi connectivity index (χ3v) is 9.07. The Morgan fingerprint density at radius 2 is 1.90 bits per heavy atom. The van der Waals surface area contributed by atoms with Crippen molar-refractivity contribution in [2.75, 3.05) is 16.8 Å². The Labute approximate surface area is 184 Å². The second-order valence-corrected chi connectivity index (χ2v) is 13.6. The fourth-order valence-corrected chi connectivity index (χ4v) is 7.38. The number of carbonyl (C=O) groups excluding carboxylic acids is 2. The van der Waals surface area contributed by atoms with Crippen molar-refractivity contribution in [3.63, 3.8) is 0 Å². The standard InChI is InChI=1S/C22H34N2O4S2/c1-13(2)10-18(25)24-21-19(20(26)23-15-8-9-30(27,28)12-15)16-7-6-14(22(3,4)5)11-17(16)29-21/h13-15H,6-12H2,1-5H3,(H,23,26)(H,24,25). The second-order valence-electron chi connectivity index (χ2n) is 10.2. The Kier molecular flexibility index (Phi) is 6.68. The van der Waals surface area contributed by atoms with E-state index in [1.54, 1.807) is 0 Å². The third kappa shape index (κ3) is 5.44. The van der Waals surface area contributed by atoms with Crippen LogP contribution in [0.2, 0.25) is 0 Å². The van der Waals surface area contributed by atoms with E-state index in [-0.39, 0.29) is 40.7 Å². The Bertz CT molecular complexity index is 926. The van der Waals surface area contributed by atoms with Crippen molar-refractivity contribution in [1.29, 1.82) is 0 Å². The summed E-state index contributed by atoms with van der Waals surface area (Å²) in [7, 11) is -3.08. The molecule has 1 aliphatic heterocycles. The van der Waals surface area contributed by atoms with Crippen molar-refractivity contribution in [3.8, 4) is 0 Å². The van der Waals surface area contributed by atoms with E-state index in [1.807, 2.05) is 13.8 Å². The molecule has 0 spiro atoms. The number of sulfone groups is 1. The Morgan fingerprint density at radius 1 is 1.20 bits per heavy atom. The molecular formula is C22H34N2O4S2. The first-order valence-electron chi connectivity index (χ1n) is 10.8. The number of rotatable bonds is 5. The van der Waals surface area contributed by atoms with Crippen LogP contribution in [0.5, 0.6) is 0 Å². The summed E-state index contributed by atoms with van der Waals surface area (Å²) in [6, 6.07) is -0.358. The quantitative estimate of drug-likeness (QED) is 0.708. The number of amides is 2. The lowest BCUT2D eigenvalue weighted by Gasteiger charge is -2.33. The molecule has 2 heterocycles. The van der Waals surface area contributed by atoms with E-state index in [2.05, 4.69) is 31.4 Å². The van der Waals surface area contributed by atoms with E-state index in [9.17, 15) is 18.0 Å². The molecule has 30 heavy (non-hydrogen) atoms. The number of nitrogens with one attached hydrogen (secondary N) is 2. The van der Waals surface area contributed by atoms with E-state index < -0.39 is 9.84 Å². The summed E-state index contributed by atoms with van der Waals surface area (Å²) < 4.78 is 23.6. The molecule has 1 aromatic rings. The second kappa shape index (κ2) is 8.61. The average Bonchev–Trinajstić information content (AvgIpc) is 3.11.